The Morgan fingerprint density at radius 2 is 1.28 bits per heavy atom. The van der Waals surface area contributed by atoms with Crippen LogP contribution in [0, 0.1) is 10.8 Å². The standard InChI is InChI=1S/C39H41Br2NO5/c1-6-45-33-14-24(12-13-32(33)46-21-23-10-8-7-9-11-23)22-47-37-26(40)15-25(16-27(37)41)34-35-28(17-38(2,3)19-30(35)43)42-29-18-39(4,5)20-31(44)36(29)34/h7-16,34,42H,6,17-22H2,1-5H3. The van der Waals surface area contributed by atoms with Gasteiger partial charge in [-0.15, -0.1) is 0 Å². The van der Waals surface area contributed by atoms with E-state index in [1.54, 1.807) is 0 Å². The molecule has 6 nitrogen and oxygen atoms in total. The molecule has 0 unspecified atom stereocenters. The number of hydrogen-bond donors (Lipinski definition) is 1. The Bertz CT molecular complexity index is 1710. The molecule has 0 radical (unpaired) electrons. The third-order valence-corrected chi connectivity index (χ3v) is 10.2. The summed E-state index contributed by atoms with van der Waals surface area (Å²) in [6.45, 7) is 11.7. The van der Waals surface area contributed by atoms with E-state index in [2.05, 4.69) is 64.9 Å². The number of ketones is 2. The Hall–Kier alpha value is -3.36. The van der Waals surface area contributed by atoms with Gasteiger partial charge >= 0.3 is 0 Å². The van der Waals surface area contributed by atoms with Gasteiger partial charge in [0.1, 0.15) is 19.0 Å². The lowest BCUT2D eigenvalue weighted by Crippen LogP contribution is -2.42. The van der Waals surface area contributed by atoms with Gasteiger partial charge in [-0.1, -0.05) is 64.1 Å². The normalized spacial score (nSPS) is 18.8. The molecule has 0 aromatic heterocycles. The Labute approximate surface area is 294 Å². The van der Waals surface area contributed by atoms with E-state index >= 15 is 0 Å². The number of halogens is 2. The number of Topliss-reactive ketones (excluding diaryl/α,β-unsaturated/α-hetero) is 2. The summed E-state index contributed by atoms with van der Waals surface area (Å²) in [7, 11) is 0. The Morgan fingerprint density at radius 1 is 0.702 bits per heavy atom. The van der Waals surface area contributed by atoms with Crippen LogP contribution in [-0.2, 0) is 22.8 Å². The van der Waals surface area contributed by atoms with Crippen LogP contribution in [0.3, 0.4) is 0 Å². The van der Waals surface area contributed by atoms with Gasteiger partial charge in [-0.3, -0.25) is 9.59 Å². The molecule has 6 rings (SSSR count). The van der Waals surface area contributed by atoms with Crippen molar-refractivity contribution in [1.82, 2.24) is 5.32 Å². The van der Waals surface area contributed by atoms with E-state index < -0.39 is 5.92 Å². The highest BCUT2D eigenvalue weighted by molar-refractivity contribution is 9.11. The first kappa shape index (κ1) is 33.5. The number of carbonyl (C=O) groups is 2. The van der Waals surface area contributed by atoms with Gasteiger partial charge in [-0.05, 0) is 103 Å². The lowest BCUT2D eigenvalue weighted by Gasteiger charge is -2.44. The van der Waals surface area contributed by atoms with Gasteiger partial charge in [0.25, 0.3) is 0 Å². The van der Waals surface area contributed by atoms with Crippen LogP contribution in [-0.4, -0.2) is 18.2 Å². The molecular weight excluding hydrogens is 722 g/mol. The van der Waals surface area contributed by atoms with E-state index in [-0.39, 0.29) is 22.4 Å². The molecule has 3 aromatic rings. The molecule has 0 amide bonds. The SMILES string of the molecule is CCOc1cc(COc2c(Br)cc(C3C4=C(CC(C)(C)CC4=O)NC4=C3C(=O)CC(C)(C)C4)cc2Br)ccc1OCc1ccccc1. The molecular formula is C39H41Br2NO5. The molecule has 2 aliphatic carbocycles. The van der Waals surface area contributed by atoms with Gasteiger partial charge < -0.3 is 19.5 Å². The highest BCUT2D eigenvalue weighted by Gasteiger charge is 2.46. The zero-order chi connectivity index (χ0) is 33.5. The molecule has 1 heterocycles. The Balaban J connectivity index is 1.27. The monoisotopic (exact) mass is 761 g/mol. The van der Waals surface area contributed by atoms with Crippen LogP contribution < -0.4 is 19.5 Å². The number of dihydropyridines is 1. The average molecular weight is 764 g/mol. The summed E-state index contributed by atoms with van der Waals surface area (Å²) >= 11 is 7.51. The number of rotatable bonds is 9. The van der Waals surface area contributed by atoms with E-state index in [1.807, 2.05) is 67.6 Å². The third-order valence-electron chi connectivity index (χ3n) is 9.00. The van der Waals surface area contributed by atoms with Crippen molar-refractivity contribution in [3.8, 4) is 17.2 Å². The Kier molecular flexibility index (Phi) is 9.47. The first-order chi connectivity index (χ1) is 22.3. The fourth-order valence-corrected chi connectivity index (χ4v) is 8.48. The van der Waals surface area contributed by atoms with Crippen molar-refractivity contribution in [3.63, 3.8) is 0 Å². The molecule has 1 N–H and O–H groups in total. The number of hydrogen-bond acceptors (Lipinski definition) is 6. The van der Waals surface area contributed by atoms with Gasteiger partial charge in [0.05, 0.1) is 15.6 Å². The number of benzene rings is 3. The molecule has 8 heteroatoms. The summed E-state index contributed by atoms with van der Waals surface area (Å²) in [6, 6.07) is 19.9. The van der Waals surface area contributed by atoms with E-state index in [9.17, 15) is 9.59 Å². The summed E-state index contributed by atoms with van der Waals surface area (Å²) < 4.78 is 19.8. The molecule has 0 spiro atoms. The van der Waals surface area contributed by atoms with Crippen molar-refractivity contribution in [2.45, 2.75) is 79.4 Å². The zero-order valence-electron chi connectivity index (χ0n) is 27.6. The highest BCUT2D eigenvalue weighted by Crippen LogP contribution is 2.52. The topological polar surface area (TPSA) is 73.9 Å². The molecule has 0 saturated carbocycles. The first-order valence-corrected chi connectivity index (χ1v) is 17.8. The smallest absolute Gasteiger partial charge is 0.162 e. The Morgan fingerprint density at radius 3 is 1.85 bits per heavy atom. The van der Waals surface area contributed by atoms with Crippen LogP contribution in [0.4, 0.5) is 0 Å². The molecule has 0 saturated heterocycles. The maximum Gasteiger partial charge on any atom is 0.162 e. The zero-order valence-corrected chi connectivity index (χ0v) is 30.8. The number of carbonyl (C=O) groups excluding carboxylic acids is 2. The summed E-state index contributed by atoms with van der Waals surface area (Å²) in [5, 5.41) is 3.59. The van der Waals surface area contributed by atoms with E-state index in [0.29, 0.717) is 49.9 Å². The maximum absolute atomic E-state index is 13.7. The van der Waals surface area contributed by atoms with Crippen LogP contribution in [0.15, 0.2) is 92.1 Å². The molecule has 0 fully saturated rings. The highest BCUT2D eigenvalue weighted by atomic mass is 79.9. The van der Waals surface area contributed by atoms with Crippen molar-refractivity contribution in [1.29, 1.82) is 0 Å². The van der Waals surface area contributed by atoms with Crippen LogP contribution in [0.25, 0.3) is 0 Å². The maximum atomic E-state index is 13.7. The molecule has 0 atom stereocenters. The van der Waals surface area contributed by atoms with Gasteiger partial charge in [0.15, 0.2) is 23.1 Å². The second-order valence-corrected chi connectivity index (χ2v) is 16.0. The minimum absolute atomic E-state index is 0.104. The van der Waals surface area contributed by atoms with E-state index in [1.165, 1.54) is 0 Å². The van der Waals surface area contributed by atoms with Gasteiger partial charge in [0, 0.05) is 41.3 Å². The average Bonchev–Trinajstić information content (AvgIpc) is 2.98. The fraction of sp³-hybridized carbons (Fsp3) is 0.385. The predicted octanol–water partition coefficient (Wildman–Crippen LogP) is 9.74. The van der Waals surface area contributed by atoms with Gasteiger partial charge in [0.2, 0.25) is 0 Å². The molecule has 3 aromatic carbocycles. The largest absolute Gasteiger partial charge is 0.490 e. The van der Waals surface area contributed by atoms with Crippen molar-refractivity contribution in [2.24, 2.45) is 10.8 Å². The number of nitrogens with one attached hydrogen (secondary N) is 1. The molecule has 3 aliphatic rings. The quantitative estimate of drug-likeness (QED) is 0.234. The van der Waals surface area contributed by atoms with E-state index in [4.69, 9.17) is 14.2 Å². The fourth-order valence-electron chi connectivity index (χ4n) is 7.03. The van der Waals surface area contributed by atoms with Crippen LogP contribution in [0.5, 0.6) is 17.2 Å². The van der Waals surface area contributed by atoms with Crippen LogP contribution in [0.1, 0.15) is 82.9 Å². The molecule has 246 valence electrons. The second kappa shape index (κ2) is 13.3. The lowest BCUT2D eigenvalue weighted by atomic mass is 9.64. The molecule has 47 heavy (non-hydrogen) atoms. The first-order valence-electron chi connectivity index (χ1n) is 16.2. The number of allylic oxidation sites excluding steroid dienone is 4. The molecule has 1 aliphatic heterocycles. The van der Waals surface area contributed by atoms with Crippen LogP contribution >= 0.6 is 31.9 Å². The third kappa shape index (κ3) is 7.24. The summed E-state index contributed by atoms with van der Waals surface area (Å²) in [4.78, 5) is 27.5. The van der Waals surface area contributed by atoms with Crippen LogP contribution in [0.2, 0.25) is 0 Å². The predicted molar refractivity (Wildman–Crippen MR) is 191 cm³/mol. The van der Waals surface area contributed by atoms with Crippen molar-refractivity contribution >= 4 is 43.4 Å². The minimum Gasteiger partial charge on any atom is -0.490 e. The molecule has 0 bridgehead atoms. The summed E-state index contributed by atoms with van der Waals surface area (Å²) in [6.07, 6.45) is 2.43. The van der Waals surface area contributed by atoms with Crippen molar-refractivity contribution < 1.29 is 23.8 Å². The van der Waals surface area contributed by atoms with Gasteiger partial charge in [-0.2, -0.15) is 0 Å². The summed E-state index contributed by atoms with van der Waals surface area (Å²) in [5.41, 5.74) is 5.96. The number of ether oxygens (including phenoxy) is 3. The second-order valence-electron chi connectivity index (χ2n) is 14.3. The van der Waals surface area contributed by atoms with Gasteiger partial charge in [-0.25, -0.2) is 0 Å². The van der Waals surface area contributed by atoms with Crippen molar-refractivity contribution in [2.75, 3.05) is 6.61 Å². The lowest BCUT2D eigenvalue weighted by molar-refractivity contribution is -0.119. The van der Waals surface area contributed by atoms with E-state index in [0.717, 1.165) is 61.0 Å². The summed E-state index contributed by atoms with van der Waals surface area (Å²) in [5.74, 6) is 1.76. The van der Waals surface area contributed by atoms with Crippen molar-refractivity contribution in [3.05, 3.63) is 109 Å². The minimum atomic E-state index is -0.424.